The lowest BCUT2D eigenvalue weighted by Crippen LogP contribution is -2.29. The summed E-state index contributed by atoms with van der Waals surface area (Å²) >= 11 is 0. The van der Waals surface area contributed by atoms with E-state index in [-0.39, 0.29) is 5.75 Å². The molecule has 0 bridgehead atoms. The quantitative estimate of drug-likeness (QED) is 0.850. The number of allylic oxidation sites excluding steroid dienone is 1. The molecule has 0 aromatic heterocycles. The predicted molar refractivity (Wildman–Crippen MR) is 73.3 cm³/mol. The normalized spacial score (nSPS) is 15.2. The van der Waals surface area contributed by atoms with Crippen LogP contribution in [-0.4, -0.2) is 31.8 Å². The van der Waals surface area contributed by atoms with Crippen LogP contribution >= 0.6 is 0 Å². The monoisotopic (exact) mass is 267 g/mol. The van der Waals surface area contributed by atoms with Gasteiger partial charge in [-0.1, -0.05) is 24.3 Å². The summed E-state index contributed by atoms with van der Waals surface area (Å²) in [7, 11) is -3.86. The van der Waals surface area contributed by atoms with Gasteiger partial charge in [0.15, 0.2) is 0 Å². The van der Waals surface area contributed by atoms with Crippen LogP contribution in [0, 0.1) is 0 Å². The van der Waals surface area contributed by atoms with Gasteiger partial charge in [-0.25, -0.2) is 0 Å². The van der Waals surface area contributed by atoms with Crippen LogP contribution in [0.5, 0.6) is 0 Å². The highest BCUT2D eigenvalue weighted by molar-refractivity contribution is 7.85. The van der Waals surface area contributed by atoms with Crippen molar-refractivity contribution in [1.82, 2.24) is 0 Å². The lowest BCUT2D eigenvalue weighted by atomic mass is 10.0. The summed E-state index contributed by atoms with van der Waals surface area (Å²) in [6, 6.07) is 8.08. The molecule has 0 atom stereocenters. The maximum atomic E-state index is 10.7. The fraction of sp³-hybridized carbons (Fsp3) is 0.385. The molecule has 0 saturated heterocycles. The van der Waals surface area contributed by atoms with Crippen molar-refractivity contribution in [2.75, 3.05) is 23.7 Å². The second-order valence-electron chi connectivity index (χ2n) is 4.49. The Kier molecular flexibility index (Phi) is 3.73. The molecular weight excluding hydrogens is 250 g/mol. The summed E-state index contributed by atoms with van der Waals surface area (Å²) in [4.78, 5) is 2.13. The van der Waals surface area contributed by atoms with Crippen LogP contribution in [0.25, 0.3) is 5.57 Å². The van der Waals surface area contributed by atoms with E-state index in [1.807, 2.05) is 18.2 Å². The first kappa shape index (κ1) is 13.1. The van der Waals surface area contributed by atoms with Crippen molar-refractivity contribution in [2.45, 2.75) is 13.3 Å². The Bertz CT molecular complexity index is 563. The first-order valence-electron chi connectivity index (χ1n) is 5.93. The van der Waals surface area contributed by atoms with Crippen molar-refractivity contribution < 1.29 is 13.0 Å². The highest BCUT2D eigenvalue weighted by Crippen LogP contribution is 2.30. The maximum absolute atomic E-state index is 10.7. The Morgan fingerprint density at radius 1 is 1.33 bits per heavy atom. The van der Waals surface area contributed by atoms with E-state index in [1.165, 1.54) is 11.1 Å². The van der Waals surface area contributed by atoms with Gasteiger partial charge in [0.2, 0.25) is 0 Å². The number of benzene rings is 1. The standard InChI is InChI=1S/C13H17NO3S/c1-11-7-9-14(8-4-10-18(15,16)17)13-6-3-2-5-12(11)13/h2-3,5-7H,4,8-10H2,1H3,(H,15,16,17). The Balaban J connectivity index is 2.08. The molecule has 4 nitrogen and oxygen atoms in total. The van der Waals surface area contributed by atoms with E-state index in [0.29, 0.717) is 13.0 Å². The maximum Gasteiger partial charge on any atom is 0.264 e. The summed E-state index contributed by atoms with van der Waals surface area (Å²) in [6.07, 6.45) is 2.57. The minimum atomic E-state index is -3.86. The second-order valence-corrected chi connectivity index (χ2v) is 6.06. The van der Waals surface area contributed by atoms with Crippen LogP contribution in [0.3, 0.4) is 0 Å². The lowest BCUT2D eigenvalue weighted by Gasteiger charge is -2.30. The van der Waals surface area contributed by atoms with E-state index >= 15 is 0 Å². The predicted octanol–water partition coefficient (Wildman–Crippen LogP) is 2.19. The van der Waals surface area contributed by atoms with Gasteiger partial charge < -0.3 is 4.90 Å². The summed E-state index contributed by atoms with van der Waals surface area (Å²) in [5, 5.41) is 0. The molecule has 0 unspecified atom stereocenters. The van der Waals surface area contributed by atoms with E-state index in [2.05, 4.69) is 24.0 Å². The number of hydrogen-bond acceptors (Lipinski definition) is 3. The molecule has 18 heavy (non-hydrogen) atoms. The van der Waals surface area contributed by atoms with Gasteiger partial charge >= 0.3 is 0 Å². The molecule has 1 aliphatic heterocycles. The molecule has 0 radical (unpaired) electrons. The molecule has 0 aliphatic carbocycles. The average Bonchev–Trinajstić information content (AvgIpc) is 2.31. The third-order valence-electron chi connectivity index (χ3n) is 3.12. The Morgan fingerprint density at radius 3 is 2.78 bits per heavy atom. The third-order valence-corrected chi connectivity index (χ3v) is 3.92. The van der Waals surface area contributed by atoms with E-state index in [1.54, 1.807) is 0 Å². The van der Waals surface area contributed by atoms with Gasteiger partial charge in [0, 0.05) is 24.3 Å². The van der Waals surface area contributed by atoms with Crippen molar-refractivity contribution >= 4 is 21.4 Å². The van der Waals surface area contributed by atoms with Gasteiger partial charge in [-0.3, -0.25) is 4.55 Å². The van der Waals surface area contributed by atoms with E-state index < -0.39 is 10.1 Å². The van der Waals surface area contributed by atoms with E-state index in [0.717, 1.165) is 12.2 Å². The van der Waals surface area contributed by atoms with Crippen molar-refractivity contribution in [3.8, 4) is 0 Å². The average molecular weight is 267 g/mol. The molecule has 1 aromatic carbocycles. The largest absolute Gasteiger partial charge is 0.367 e. The van der Waals surface area contributed by atoms with Gasteiger partial charge in [-0.2, -0.15) is 8.42 Å². The molecular formula is C13H17NO3S. The fourth-order valence-electron chi connectivity index (χ4n) is 2.19. The van der Waals surface area contributed by atoms with Gasteiger partial charge in [0.1, 0.15) is 0 Å². The fourth-order valence-corrected chi connectivity index (χ4v) is 2.68. The highest BCUT2D eigenvalue weighted by atomic mass is 32.2. The second kappa shape index (κ2) is 5.12. The number of nitrogens with zero attached hydrogens (tertiary/aromatic N) is 1. The summed E-state index contributed by atoms with van der Waals surface area (Å²) in [5.74, 6) is -0.186. The van der Waals surface area contributed by atoms with Crippen LogP contribution in [0.1, 0.15) is 18.9 Å². The van der Waals surface area contributed by atoms with Crippen molar-refractivity contribution in [3.05, 3.63) is 35.9 Å². The van der Waals surface area contributed by atoms with Crippen LogP contribution in [0.4, 0.5) is 5.69 Å². The minimum Gasteiger partial charge on any atom is -0.367 e. The van der Waals surface area contributed by atoms with Gasteiger partial charge in [-0.15, -0.1) is 0 Å². The van der Waals surface area contributed by atoms with Crippen LogP contribution < -0.4 is 4.90 Å². The summed E-state index contributed by atoms with van der Waals surface area (Å²) in [6.45, 7) is 3.49. The molecule has 98 valence electrons. The topological polar surface area (TPSA) is 57.6 Å². The zero-order valence-corrected chi connectivity index (χ0v) is 11.2. The Hall–Kier alpha value is -1.33. The summed E-state index contributed by atoms with van der Waals surface area (Å²) in [5.41, 5.74) is 3.57. The van der Waals surface area contributed by atoms with Gasteiger partial charge in [0.25, 0.3) is 10.1 Å². The van der Waals surface area contributed by atoms with Crippen molar-refractivity contribution in [3.63, 3.8) is 0 Å². The molecule has 1 aliphatic rings. The first-order chi connectivity index (χ1) is 8.47. The Morgan fingerprint density at radius 2 is 2.06 bits per heavy atom. The number of hydrogen-bond donors (Lipinski definition) is 1. The molecule has 0 fully saturated rings. The SMILES string of the molecule is CC1=CCN(CCCS(=O)(=O)O)c2ccccc21. The number of anilines is 1. The van der Waals surface area contributed by atoms with Gasteiger partial charge in [0.05, 0.1) is 5.75 Å². The van der Waals surface area contributed by atoms with Gasteiger partial charge in [-0.05, 0) is 25.0 Å². The molecule has 0 amide bonds. The molecule has 1 aromatic rings. The zero-order chi connectivity index (χ0) is 13.2. The zero-order valence-electron chi connectivity index (χ0n) is 10.3. The highest BCUT2D eigenvalue weighted by Gasteiger charge is 2.16. The van der Waals surface area contributed by atoms with Crippen molar-refractivity contribution in [1.29, 1.82) is 0 Å². The van der Waals surface area contributed by atoms with Crippen LogP contribution in [0.15, 0.2) is 30.3 Å². The lowest BCUT2D eigenvalue weighted by molar-refractivity contribution is 0.481. The smallest absolute Gasteiger partial charge is 0.264 e. The molecule has 5 heteroatoms. The van der Waals surface area contributed by atoms with Crippen molar-refractivity contribution in [2.24, 2.45) is 0 Å². The molecule has 1 heterocycles. The van der Waals surface area contributed by atoms with Crippen LogP contribution in [-0.2, 0) is 10.1 Å². The first-order valence-corrected chi connectivity index (χ1v) is 7.54. The molecule has 0 saturated carbocycles. The molecule has 0 spiro atoms. The molecule has 2 rings (SSSR count). The molecule has 1 N–H and O–H groups in total. The Labute approximate surface area is 108 Å². The third kappa shape index (κ3) is 3.11. The van der Waals surface area contributed by atoms with E-state index in [9.17, 15) is 8.42 Å². The van der Waals surface area contributed by atoms with Crippen LogP contribution in [0.2, 0.25) is 0 Å². The van der Waals surface area contributed by atoms with E-state index in [4.69, 9.17) is 4.55 Å². The number of para-hydroxylation sites is 1. The number of rotatable bonds is 4. The summed E-state index contributed by atoms with van der Waals surface area (Å²) < 4.78 is 30.1. The minimum absolute atomic E-state index is 0.186. The number of fused-ring (bicyclic) bond motifs is 1.